The smallest absolute Gasteiger partial charge is 0.407 e. The number of amides is 1. The van der Waals surface area contributed by atoms with E-state index in [0.717, 1.165) is 11.8 Å². The van der Waals surface area contributed by atoms with E-state index < -0.39 is 23.3 Å². The zero-order valence-corrected chi connectivity index (χ0v) is 24.5. The number of aromatic amines is 1. The summed E-state index contributed by atoms with van der Waals surface area (Å²) >= 11 is 0. The Morgan fingerprint density at radius 2 is 1.86 bits per heavy atom. The number of benzene rings is 2. The number of hydrogen-bond acceptors (Lipinski definition) is 7. The number of rotatable bonds is 7. The number of nitrogens with one attached hydrogen (secondary N) is 2. The molecule has 4 aromatic rings. The summed E-state index contributed by atoms with van der Waals surface area (Å²) in [6, 6.07) is 10.7. The molecule has 2 aromatic carbocycles. The van der Waals surface area contributed by atoms with Gasteiger partial charge in [0.25, 0.3) is 0 Å². The lowest BCUT2D eigenvalue weighted by molar-refractivity contribution is 0.0496. The highest BCUT2D eigenvalue weighted by molar-refractivity contribution is 6.08. The second-order valence-corrected chi connectivity index (χ2v) is 11.4. The molecule has 1 saturated heterocycles. The molecule has 1 amide bonds. The van der Waals surface area contributed by atoms with Crippen molar-refractivity contribution < 1.29 is 27.8 Å². The minimum absolute atomic E-state index is 0.0643. The molecule has 0 saturated carbocycles. The van der Waals surface area contributed by atoms with E-state index in [-0.39, 0.29) is 12.8 Å². The number of carbonyl (C=O) groups is 1. The van der Waals surface area contributed by atoms with Gasteiger partial charge in [0.1, 0.15) is 34.7 Å². The van der Waals surface area contributed by atoms with Gasteiger partial charge in [0.15, 0.2) is 6.79 Å². The van der Waals surface area contributed by atoms with Crippen LogP contribution in [0.4, 0.5) is 19.3 Å². The number of anilines is 1. The fraction of sp³-hybridized carbons (Fsp3) is 0.344. The number of halogens is 2. The first-order valence-corrected chi connectivity index (χ1v) is 13.9. The number of pyridine rings is 1. The minimum atomic E-state index is -0.701. The number of nitrogens with zero attached hydrogens (tertiary/aromatic N) is 3. The van der Waals surface area contributed by atoms with Crippen LogP contribution in [-0.4, -0.2) is 54.7 Å². The van der Waals surface area contributed by atoms with Crippen molar-refractivity contribution in [2.45, 2.75) is 45.3 Å². The van der Waals surface area contributed by atoms with E-state index in [4.69, 9.17) is 14.2 Å². The van der Waals surface area contributed by atoms with Gasteiger partial charge in [0, 0.05) is 61.4 Å². The minimum Gasteiger partial charge on any atom is -0.466 e. The van der Waals surface area contributed by atoms with Crippen LogP contribution in [0.2, 0.25) is 0 Å². The predicted octanol–water partition coefficient (Wildman–Crippen LogP) is 6.52. The Kier molecular flexibility index (Phi) is 8.50. The summed E-state index contributed by atoms with van der Waals surface area (Å²) < 4.78 is 45.3. The number of fused-ring (bicyclic) bond motifs is 1. The highest BCUT2D eigenvalue weighted by Crippen LogP contribution is 2.45. The number of nitriles is 1. The standard InChI is InChI=1S/C32H33F2N5O4/c1-32(2,3)43-31(40)38-23-8-10-39(11-9-23)28-25(20-12-21(33)14-22(34)13-20)16-36-30-27(28)26(17-37-30)24-7-5-6-19(15-35)29(24)42-18-41-4/h5-7,12-14,16-17,23H,8-11,18H2,1-4H3,(H,36,37)(H,38,40). The van der Waals surface area contributed by atoms with E-state index in [0.29, 0.717) is 70.5 Å². The van der Waals surface area contributed by atoms with Gasteiger partial charge in [-0.2, -0.15) is 5.26 Å². The molecule has 11 heteroatoms. The third kappa shape index (κ3) is 6.54. The van der Waals surface area contributed by atoms with Gasteiger partial charge < -0.3 is 29.4 Å². The van der Waals surface area contributed by atoms with E-state index >= 15 is 0 Å². The molecule has 2 aromatic heterocycles. The monoisotopic (exact) mass is 589 g/mol. The number of para-hydroxylation sites is 1. The summed E-state index contributed by atoms with van der Waals surface area (Å²) in [4.78, 5) is 22.4. The molecule has 3 heterocycles. The van der Waals surface area contributed by atoms with Gasteiger partial charge in [0.2, 0.25) is 0 Å². The van der Waals surface area contributed by atoms with Gasteiger partial charge in [-0.15, -0.1) is 0 Å². The van der Waals surface area contributed by atoms with Crippen LogP contribution in [0, 0.1) is 23.0 Å². The maximum atomic E-state index is 14.4. The molecule has 43 heavy (non-hydrogen) atoms. The van der Waals surface area contributed by atoms with Crippen LogP contribution in [0.25, 0.3) is 33.3 Å². The maximum absolute atomic E-state index is 14.4. The van der Waals surface area contributed by atoms with E-state index in [1.165, 1.54) is 19.2 Å². The first kappa shape index (κ1) is 29.8. The number of methoxy groups -OCH3 is 1. The molecule has 0 spiro atoms. The highest BCUT2D eigenvalue weighted by Gasteiger charge is 2.29. The molecule has 224 valence electrons. The average molecular weight is 590 g/mol. The van der Waals surface area contributed by atoms with E-state index in [9.17, 15) is 18.8 Å². The SMILES string of the molecule is COCOc1c(C#N)cccc1-c1c[nH]c2ncc(-c3cc(F)cc(F)c3)c(N3CCC(NC(=O)OC(C)(C)C)CC3)c12. The van der Waals surface area contributed by atoms with Crippen molar-refractivity contribution in [3.63, 3.8) is 0 Å². The third-order valence-corrected chi connectivity index (χ3v) is 7.13. The molecule has 0 unspecified atom stereocenters. The summed E-state index contributed by atoms with van der Waals surface area (Å²) in [6.07, 6.45) is 4.15. The topological polar surface area (TPSA) is 113 Å². The first-order chi connectivity index (χ1) is 20.6. The Balaban J connectivity index is 1.62. The molecule has 1 aliphatic heterocycles. The first-order valence-electron chi connectivity index (χ1n) is 13.9. The molecule has 0 radical (unpaired) electrons. The van der Waals surface area contributed by atoms with Crippen LogP contribution in [0.1, 0.15) is 39.2 Å². The van der Waals surface area contributed by atoms with Gasteiger partial charge in [-0.3, -0.25) is 0 Å². The predicted molar refractivity (Wildman–Crippen MR) is 159 cm³/mol. The van der Waals surface area contributed by atoms with Crippen LogP contribution in [0.15, 0.2) is 48.8 Å². The van der Waals surface area contributed by atoms with Crippen molar-refractivity contribution in [2.75, 3.05) is 31.9 Å². The zero-order valence-electron chi connectivity index (χ0n) is 24.5. The van der Waals surface area contributed by atoms with Crippen LogP contribution in [0.3, 0.4) is 0 Å². The van der Waals surface area contributed by atoms with Gasteiger partial charge in [-0.05, 0) is 57.4 Å². The summed E-state index contributed by atoms with van der Waals surface area (Å²) in [5, 5.41) is 13.5. The van der Waals surface area contributed by atoms with Crippen LogP contribution in [0.5, 0.6) is 5.75 Å². The molecule has 0 aliphatic carbocycles. The van der Waals surface area contributed by atoms with Crippen molar-refractivity contribution in [1.82, 2.24) is 15.3 Å². The van der Waals surface area contributed by atoms with Gasteiger partial charge in [-0.1, -0.05) is 12.1 Å². The lowest BCUT2D eigenvalue weighted by Crippen LogP contribution is -2.46. The fourth-order valence-corrected chi connectivity index (χ4v) is 5.37. The Labute approximate surface area is 248 Å². The normalized spacial score (nSPS) is 14.0. The van der Waals surface area contributed by atoms with E-state index in [1.54, 1.807) is 24.5 Å². The average Bonchev–Trinajstić information content (AvgIpc) is 3.38. The molecule has 9 nitrogen and oxygen atoms in total. The number of aromatic nitrogens is 2. The summed E-state index contributed by atoms with van der Waals surface area (Å²) in [5.74, 6) is -1.05. The van der Waals surface area contributed by atoms with Crippen LogP contribution >= 0.6 is 0 Å². The van der Waals surface area contributed by atoms with Crippen LogP contribution in [-0.2, 0) is 9.47 Å². The molecular formula is C32H33F2N5O4. The van der Waals surface area contributed by atoms with E-state index in [1.807, 2.05) is 26.8 Å². The number of H-pyrrole nitrogens is 1. The Bertz CT molecular complexity index is 1660. The largest absolute Gasteiger partial charge is 0.466 e. The van der Waals surface area contributed by atoms with Crippen molar-refractivity contribution in [3.8, 4) is 34.1 Å². The summed E-state index contributed by atoms with van der Waals surface area (Å²) in [5.41, 5.74) is 3.22. The van der Waals surface area contributed by atoms with Crippen molar-refractivity contribution in [2.24, 2.45) is 0 Å². The number of alkyl carbamates (subject to hydrolysis) is 1. The molecule has 0 atom stereocenters. The molecule has 0 bridgehead atoms. The van der Waals surface area contributed by atoms with E-state index in [2.05, 4.69) is 26.3 Å². The summed E-state index contributed by atoms with van der Waals surface area (Å²) in [7, 11) is 1.49. The second kappa shape index (κ2) is 12.3. The van der Waals surface area contributed by atoms with Gasteiger partial charge in [-0.25, -0.2) is 18.6 Å². The molecular weight excluding hydrogens is 556 g/mol. The lowest BCUT2D eigenvalue weighted by Gasteiger charge is -2.36. The number of carbonyl (C=O) groups excluding carboxylic acids is 1. The molecule has 2 N–H and O–H groups in total. The number of piperidine rings is 1. The van der Waals surface area contributed by atoms with Gasteiger partial charge in [0.05, 0.1) is 16.6 Å². The second-order valence-electron chi connectivity index (χ2n) is 11.4. The van der Waals surface area contributed by atoms with Crippen molar-refractivity contribution in [3.05, 3.63) is 66.0 Å². The fourth-order valence-electron chi connectivity index (χ4n) is 5.37. The Hall–Kier alpha value is -4.69. The number of hydrogen-bond donors (Lipinski definition) is 2. The zero-order chi connectivity index (χ0) is 30.7. The highest BCUT2D eigenvalue weighted by atomic mass is 19.1. The molecule has 1 aliphatic rings. The van der Waals surface area contributed by atoms with Crippen molar-refractivity contribution in [1.29, 1.82) is 5.26 Å². The third-order valence-electron chi connectivity index (χ3n) is 7.13. The Morgan fingerprint density at radius 1 is 1.14 bits per heavy atom. The summed E-state index contributed by atoms with van der Waals surface area (Å²) in [6.45, 7) is 6.46. The lowest BCUT2D eigenvalue weighted by atomic mass is 9.95. The van der Waals surface area contributed by atoms with Gasteiger partial charge >= 0.3 is 6.09 Å². The van der Waals surface area contributed by atoms with Crippen LogP contribution < -0.4 is 15.0 Å². The maximum Gasteiger partial charge on any atom is 0.407 e. The molecule has 1 fully saturated rings. The Morgan fingerprint density at radius 3 is 2.51 bits per heavy atom. The van der Waals surface area contributed by atoms with Crippen molar-refractivity contribution >= 4 is 22.8 Å². The quantitative estimate of drug-likeness (QED) is 0.236. The molecule has 5 rings (SSSR count). The number of ether oxygens (including phenoxy) is 3.